The zero-order chi connectivity index (χ0) is 17.6. The first kappa shape index (κ1) is 17.9. The Balaban J connectivity index is 2.31. The smallest absolute Gasteiger partial charge is 0.342 e. The first-order chi connectivity index (χ1) is 11.6. The molecule has 2 rings (SSSR count). The van der Waals surface area contributed by atoms with Crippen molar-refractivity contribution < 1.29 is 23.4 Å². The molecule has 0 amide bonds. The molecule has 0 aliphatic heterocycles. The standard InChI is InChI=1S/C19H21FO4/c1-4-19(23-3,18(21)22-2)15-10-16(20)12-17(11-15)24-13-14-8-6-5-7-9-14/h5-12H,4,13H2,1-3H3/t19-/m0/s1. The fourth-order valence-corrected chi connectivity index (χ4v) is 2.60. The van der Waals surface area contributed by atoms with Crippen LogP contribution in [0.25, 0.3) is 0 Å². The number of benzene rings is 2. The maximum atomic E-state index is 14.0. The van der Waals surface area contributed by atoms with Crippen LogP contribution < -0.4 is 4.74 Å². The van der Waals surface area contributed by atoms with Crippen molar-refractivity contribution >= 4 is 5.97 Å². The largest absolute Gasteiger partial charge is 0.489 e. The summed E-state index contributed by atoms with van der Waals surface area (Å²) < 4.78 is 29.9. The molecule has 0 saturated carbocycles. The molecular weight excluding hydrogens is 311 g/mol. The molecule has 0 fully saturated rings. The molecule has 0 radical (unpaired) electrons. The molecule has 0 heterocycles. The first-order valence-electron chi connectivity index (χ1n) is 7.67. The Morgan fingerprint density at radius 3 is 2.42 bits per heavy atom. The molecule has 2 aromatic rings. The van der Waals surface area contributed by atoms with Gasteiger partial charge in [-0.15, -0.1) is 0 Å². The van der Waals surface area contributed by atoms with Gasteiger partial charge in [0.05, 0.1) is 7.11 Å². The Labute approximate surface area is 141 Å². The van der Waals surface area contributed by atoms with Gasteiger partial charge in [0.2, 0.25) is 0 Å². The van der Waals surface area contributed by atoms with Gasteiger partial charge in [0.25, 0.3) is 0 Å². The van der Waals surface area contributed by atoms with Crippen LogP contribution in [0.3, 0.4) is 0 Å². The fourth-order valence-electron chi connectivity index (χ4n) is 2.60. The summed E-state index contributed by atoms with van der Waals surface area (Å²) >= 11 is 0. The van der Waals surface area contributed by atoms with E-state index in [0.29, 0.717) is 24.3 Å². The fraction of sp³-hybridized carbons (Fsp3) is 0.316. The monoisotopic (exact) mass is 332 g/mol. The lowest BCUT2D eigenvalue weighted by atomic mass is 9.90. The van der Waals surface area contributed by atoms with E-state index in [0.717, 1.165) is 5.56 Å². The predicted molar refractivity (Wildman–Crippen MR) is 88.2 cm³/mol. The quantitative estimate of drug-likeness (QED) is 0.723. The number of rotatable bonds is 7. The average Bonchev–Trinajstić information content (AvgIpc) is 2.62. The van der Waals surface area contributed by atoms with Crippen molar-refractivity contribution in [3.63, 3.8) is 0 Å². The highest BCUT2D eigenvalue weighted by Crippen LogP contribution is 2.33. The highest BCUT2D eigenvalue weighted by molar-refractivity contribution is 5.81. The lowest BCUT2D eigenvalue weighted by Gasteiger charge is -2.29. The zero-order valence-electron chi connectivity index (χ0n) is 14.0. The average molecular weight is 332 g/mol. The molecule has 0 N–H and O–H groups in total. The number of hydrogen-bond donors (Lipinski definition) is 0. The molecule has 0 aliphatic carbocycles. The van der Waals surface area contributed by atoms with E-state index in [1.54, 1.807) is 13.0 Å². The van der Waals surface area contributed by atoms with Crippen molar-refractivity contribution in [3.8, 4) is 5.75 Å². The summed E-state index contributed by atoms with van der Waals surface area (Å²) in [7, 11) is 2.67. The maximum absolute atomic E-state index is 14.0. The van der Waals surface area contributed by atoms with E-state index in [1.165, 1.54) is 26.4 Å². The van der Waals surface area contributed by atoms with Gasteiger partial charge in [0.1, 0.15) is 18.2 Å². The van der Waals surface area contributed by atoms with Gasteiger partial charge >= 0.3 is 5.97 Å². The lowest BCUT2D eigenvalue weighted by Crippen LogP contribution is -2.38. The molecule has 0 spiro atoms. The zero-order valence-corrected chi connectivity index (χ0v) is 14.0. The Kier molecular flexibility index (Phi) is 5.93. The Hall–Kier alpha value is -2.40. The Morgan fingerprint density at radius 2 is 1.83 bits per heavy atom. The maximum Gasteiger partial charge on any atom is 0.342 e. The number of carbonyl (C=O) groups excluding carboxylic acids is 1. The van der Waals surface area contributed by atoms with Crippen molar-refractivity contribution in [2.45, 2.75) is 25.6 Å². The third kappa shape index (κ3) is 3.74. The van der Waals surface area contributed by atoms with Crippen LogP contribution in [-0.2, 0) is 26.5 Å². The summed E-state index contributed by atoms with van der Waals surface area (Å²) in [4.78, 5) is 12.2. The molecule has 1 atom stereocenters. The van der Waals surface area contributed by atoms with Crippen molar-refractivity contribution in [2.75, 3.05) is 14.2 Å². The normalized spacial score (nSPS) is 13.2. The van der Waals surface area contributed by atoms with Crippen LogP contribution in [0.4, 0.5) is 4.39 Å². The van der Waals surface area contributed by atoms with Gasteiger partial charge in [0, 0.05) is 18.7 Å². The van der Waals surface area contributed by atoms with Crippen LogP contribution in [0.1, 0.15) is 24.5 Å². The first-order valence-corrected chi connectivity index (χ1v) is 7.67. The van der Waals surface area contributed by atoms with Gasteiger partial charge in [-0.1, -0.05) is 37.3 Å². The molecular formula is C19H21FO4. The van der Waals surface area contributed by atoms with E-state index in [1.807, 2.05) is 30.3 Å². The second-order valence-corrected chi connectivity index (χ2v) is 5.33. The summed E-state index contributed by atoms with van der Waals surface area (Å²) in [5.74, 6) is -0.755. The van der Waals surface area contributed by atoms with E-state index >= 15 is 0 Å². The Bertz CT molecular complexity index is 681. The number of carbonyl (C=O) groups is 1. The summed E-state index contributed by atoms with van der Waals surface area (Å²) in [6.45, 7) is 2.07. The van der Waals surface area contributed by atoms with Gasteiger partial charge in [-0.05, 0) is 24.1 Å². The number of halogens is 1. The second kappa shape index (κ2) is 7.93. The number of ether oxygens (including phenoxy) is 3. The minimum absolute atomic E-state index is 0.300. The highest BCUT2D eigenvalue weighted by Gasteiger charge is 2.40. The molecule has 0 aromatic heterocycles. The minimum Gasteiger partial charge on any atom is -0.489 e. The molecule has 0 saturated heterocycles. The van der Waals surface area contributed by atoms with Crippen LogP contribution in [0.5, 0.6) is 5.75 Å². The SMILES string of the molecule is CC[C@@](OC)(C(=O)OC)c1cc(F)cc(OCc2ccccc2)c1. The molecule has 4 nitrogen and oxygen atoms in total. The van der Waals surface area contributed by atoms with Crippen molar-refractivity contribution in [3.05, 3.63) is 65.5 Å². The van der Waals surface area contributed by atoms with Crippen LogP contribution in [0, 0.1) is 5.82 Å². The molecule has 0 aliphatic rings. The van der Waals surface area contributed by atoms with Crippen LogP contribution in [0.2, 0.25) is 0 Å². The van der Waals surface area contributed by atoms with E-state index in [4.69, 9.17) is 14.2 Å². The molecule has 5 heteroatoms. The molecule has 2 aromatic carbocycles. The van der Waals surface area contributed by atoms with E-state index in [-0.39, 0.29) is 0 Å². The number of esters is 1. The van der Waals surface area contributed by atoms with Gasteiger partial charge < -0.3 is 14.2 Å². The van der Waals surface area contributed by atoms with Gasteiger partial charge in [-0.3, -0.25) is 0 Å². The van der Waals surface area contributed by atoms with Crippen molar-refractivity contribution in [1.82, 2.24) is 0 Å². The van der Waals surface area contributed by atoms with Crippen LogP contribution in [0.15, 0.2) is 48.5 Å². The third-order valence-corrected chi connectivity index (χ3v) is 3.95. The second-order valence-electron chi connectivity index (χ2n) is 5.33. The summed E-state index contributed by atoms with van der Waals surface area (Å²) in [5, 5.41) is 0. The predicted octanol–water partition coefficient (Wildman–Crippen LogP) is 3.83. The number of hydrogen-bond acceptors (Lipinski definition) is 4. The van der Waals surface area contributed by atoms with Gasteiger partial charge in [0.15, 0.2) is 5.60 Å². The van der Waals surface area contributed by atoms with Crippen LogP contribution in [-0.4, -0.2) is 20.2 Å². The van der Waals surface area contributed by atoms with Gasteiger partial charge in [-0.25, -0.2) is 9.18 Å². The highest BCUT2D eigenvalue weighted by atomic mass is 19.1. The summed E-state index contributed by atoms with van der Waals surface area (Å²) in [5.41, 5.74) is -0.0333. The minimum atomic E-state index is -1.36. The van der Waals surface area contributed by atoms with Crippen LogP contribution >= 0.6 is 0 Å². The summed E-state index contributed by atoms with van der Waals surface area (Å²) in [6.07, 6.45) is 0.303. The third-order valence-electron chi connectivity index (χ3n) is 3.95. The van der Waals surface area contributed by atoms with E-state index in [9.17, 15) is 9.18 Å². The van der Waals surface area contributed by atoms with Crippen molar-refractivity contribution in [2.24, 2.45) is 0 Å². The van der Waals surface area contributed by atoms with Gasteiger partial charge in [-0.2, -0.15) is 0 Å². The van der Waals surface area contributed by atoms with E-state index in [2.05, 4.69) is 0 Å². The molecule has 0 unspecified atom stereocenters. The Morgan fingerprint density at radius 1 is 1.12 bits per heavy atom. The molecule has 0 bridgehead atoms. The molecule has 128 valence electrons. The molecule has 24 heavy (non-hydrogen) atoms. The number of methoxy groups -OCH3 is 2. The van der Waals surface area contributed by atoms with Crippen molar-refractivity contribution in [1.29, 1.82) is 0 Å². The van der Waals surface area contributed by atoms with E-state index < -0.39 is 17.4 Å². The lowest BCUT2D eigenvalue weighted by molar-refractivity contribution is -0.168. The topological polar surface area (TPSA) is 44.8 Å². The summed E-state index contributed by atoms with van der Waals surface area (Å²) in [6, 6.07) is 13.7.